The average molecular weight is 372 g/mol. The molecule has 1 aliphatic rings. The number of aromatic nitrogens is 3. The highest BCUT2D eigenvalue weighted by Gasteiger charge is 2.30. The maximum absolute atomic E-state index is 13.2. The van der Waals surface area contributed by atoms with Crippen LogP contribution < -0.4 is 0 Å². The Bertz CT molecular complexity index is 1120. The normalized spacial score (nSPS) is 17.1. The third-order valence-electron chi connectivity index (χ3n) is 5.36. The predicted octanol–water partition coefficient (Wildman–Crippen LogP) is 4.01. The fraction of sp³-hybridized carbons (Fsp3) is 0.227. The zero-order valence-electron chi connectivity index (χ0n) is 15.4. The van der Waals surface area contributed by atoms with Crippen LogP contribution in [0.15, 0.2) is 71.5 Å². The molecule has 4 aromatic rings. The minimum atomic E-state index is -0.0672. The number of hydrogen-bond donors (Lipinski definition) is 0. The summed E-state index contributed by atoms with van der Waals surface area (Å²) in [5, 5.41) is 8.65. The molecule has 28 heavy (non-hydrogen) atoms. The van der Waals surface area contributed by atoms with E-state index in [1.54, 1.807) is 6.26 Å². The molecule has 6 heteroatoms. The molecule has 4 heterocycles. The van der Waals surface area contributed by atoms with Crippen LogP contribution in [0.1, 0.15) is 35.1 Å². The topological polar surface area (TPSA) is 63.6 Å². The van der Waals surface area contributed by atoms with Crippen LogP contribution in [0.25, 0.3) is 16.8 Å². The Labute approximate surface area is 162 Å². The lowest BCUT2D eigenvalue weighted by molar-refractivity contribution is 0.0673. The lowest BCUT2D eigenvalue weighted by Gasteiger charge is -2.31. The smallest absolute Gasteiger partial charge is 0.290 e. The van der Waals surface area contributed by atoms with E-state index in [1.807, 2.05) is 70.1 Å². The Morgan fingerprint density at radius 3 is 2.79 bits per heavy atom. The van der Waals surface area contributed by atoms with Gasteiger partial charge < -0.3 is 9.32 Å². The first kappa shape index (κ1) is 16.7. The number of likely N-dealkylation sites (tertiary alicyclic amines) is 1. The fourth-order valence-corrected chi connectivity index (χ4v) is 3.97. The summed E-state index contributed by atoms with van der Waals surface area (Å²) in [6.45, 7) is 1.34. The van der Waals surface area contributed by atoms with E-state index in [2.05, 4.69) is 10.2 Å². The molecule has 1 aliphatic heterocycles. The molecular formula is C22H20N4O2. The molecule has 140 valence electrons. The largest absolute Gasteiger partial charge is 0.459 e. The van der Waals surface area contributed by atoms with E-state index < -0.39 is 0 Å². The van der Waals surface area contributed by atoms with Crippen LogP contribution >= 0.6 is 0 Å². The van der Waals surface area contributed by atoms with Crippen LogP contribution in [0.4, 0.5) is 0 Å². The van der Waals surface area contributed by atoms with Gasteiger partial charge in [-0.25, -0.2) is 0 Å². The van der Waals surface area contributed by atoms with Crippen LogP contribution in [0.5, 0.6) is 0 Å². The van der Waals surface area contributed by atoms with Crippen LogP contribution in [0.3, 0.4) is 0 Å². The van der Waals surface area contributed by atoms with Gasteiger partial charge in [-0.2, -0.15) is 0 Å². The van der Waals surface area contributed by atoms with Crippen LogP contribution in [0, 0.1) is 0 Å². The molecule has 1 atom stereocenters. The lowest BCUT2D eigenvalue weighted by Crippen LogP contribution is -2.39. The highest BCUT2D eigenvalue weighted by Crippen LogP contribution is 2.30. The Morgan fingerprint density at radius 1 is 1.04 bits per heavy atom. The van der Waals surface area contributed by atoms with E-state index in [0.717, 1.165) is 42.0 Å². The molecule has 0 unspecified atom stereocenters. The van der Waals surface area contributed by atoms with Crippen molar-refractivity contribution in [1.29, 1.82) is 0 Å². The van der Waals surface area contributed by atoms with E-state index in [1.165, 1.54) is 0 Å². The van der Waals surface area contributed by atoms with Crippen molar-refractivity contribution in [3.05, 3.63) is 78.6 Å². The molecule has 0 radical (unpaired) electrons. The van der Waals surface area contributed by atoms with Crippen LogP contribution in [-0.2, 0) is 0 Å². The average Bonchev–Trinajstić information content (AvgIpc) is 3.41. The van der Waals surface area contributed by atoms with Gasteiger partial charge in [0.15, 0.2) is 11.4 Å². The first-order valence-electron chi connectivity index (χ1n) is 9.53. The van der Waals surface area contributed by atoms with Crippen molar-refractivity contribution in [2.24, 2.45) is 0 Å². The maximum Gasteiger partial charge on any atom is 0.290 e. The van der Waals surface area contributed by atoms with Gasteiger partial charge in [0, 0.05) is 30.8 Å². The van der Waals surface area contributed by atoms with Gasteiger partial charge in [0.05, 0.1) is 6.26 Å². The second kappa shape index (κ2) is 6.96. The van der Waals surface area contributed by atoms with Crippen LogP contribution in [0.2, 0.25) is 0 Å². The minimum absolute atomic E-state index is 0.0672. The Balaban J connectivity index is 1.42. The molecule has 0 spiro atoms. The Morgan fingerprint density at radius 2 is 1.89 bits per heavy atom. The molecule has 0 N–H and O–H groups in total. The standard InChI is InChI=1S/C22H20N4O2/c27-22(20-18(11-14-28-20)16-7-2-1-3-8-16)25-12-6-9-17(15-25)21-24-23-19-10-4-5-13-26(19)21/h1-5,7-8,10-11,13-14,17H,6,9,12,15H2/t17-/m0/s1. The third-order valence-corrected chi connectivity index (χ3v) is 5.36. The van der Waals surface area contributed by atoms with E-state index >= 15 is 0 Å². The number of amides is 1. The first-order chi connectivity index (χ1) is 13.8. The highest BCUT2D eigenvalue weighted by atomic mass is 16.3. The summed E-state index contributed by atoms with van der Waals surface area (Å²) in [6, 6.07) is 17.6. The number of piperidine rings is 1. The first-order valence-corrected chi connectivity index (χ1v) is 9.53. The van der Waals surface area contributed by atoms with Crippen molar-refractivity contribution in [2.75, 3.05) is 13.1 Å². The summed E-state index contributed by atoms with van der Waals surface area (Å²) in [4.78, 5) is 15.1. The summed E-state index contributed by atoms with van der Waals surface area (Å²) in [5.41, 5.74) is 2.65. The van der Waals surface area contributed by atoms with Crippen molar-refractivity contribution in [3.8, 4) is 11.1 Å². The van der Waals surface area contributed by atoms with Crippen LogP contribution in [-0.4, -0.2) is 38.5 Å². The summed E-state index contributed by atoms with van der Waals surface area (Å²) in [7, 11) is 0. The molecule has 0 aliphatic carbocycles. The number of carbonyl (C=O) groups is 1. The molecule has 0 saturated carbocycles. The van der Waals surface area contributed by atoms with Crippen molar-refractivity contribution in [2.45, 2.75) is 18.8 Å². The quantitative estimate of drug-likeness (QED) is 0.545. The molecule has 1 saturated heterocycles. The fourth-order valence-electron chi connectivity index (χ4n) is 3.97. The van der Waals surface area contributed by atoms with E-state index in [0.29, 0.717) is 12.3 Å². The zero-order valence-corrected chi connectivity index (χ0v) is 15.4. The number of pyridine rings is 1. The molecule has 0 bridgehead atoms. The molecule has 1 amide bonds. The van der Waals surface area contributed by atoms with Gasteiger partial charge in [-0.05, 0) is 36.6 Å². The van der Waals surface area contributed by atoms with Crippen molar-refractivity contribution in [1.82, 2.24) is 19.5 Å². The number of rotatable bonds is 3. The van der Waals surface area contributed by atoms with Gasteiger partial charge in [0.25, 0.3) is 5.91 Å². The van der Waals surface area contributed by atoms with Gasteiger partial charge in [-0.1, -0.05) is 36.4 Å². The lowest BCUT2D eigenvalue weighted by atomic mass is 9.96. The number of hydrogen-bond acceptors (Lipinski definition) is 4. The monoisotopic (exact) mass is 372 g/mol. The minimum Gasteiger partial charge on any atom is -0.459 e. The molecule has 5 rings (SSSR count). The molecule has 1 fully saturated rings. The molecule has 1 aromatic carbocycles. The number of nitrogens with zero attached hydrogens (tertiary/aromatic N) is 4. The summed E-state index contributed by atoms with van der Waals surface area (Å²) >= 11 is 0. The van der Waals surface area contributed by atoms with E-state index in [-0.39, 0.29) is 11.8 Å². The molecule has 6 nitrogen and oxygen atoms in total. The molecule has 3 aromatic heterocycles. The Kier molecular flexibility index (Phi) is 4.16. The van der Waals surface area contributed by atoms with Gasteiger partial charge in [0.2, 0.25) is 0 Å². The van der Waals surface area contributed by atoms with Gasteiger partial charge in [-0.3, -0.25) is 9.20 Å². The van der Waals surface area contributed by atoms with E-state index in [4.69, 9.17) is 4.42 Å². The summed E-state index contributed by atoms with van der Waals surface area (Å²) in [5.74, 6) is 1.40. The number of furan rings is 1. The number of benzene rings is 1. The number of carbonyl (C=O) groups excluding carboxylic acids is 1. The maximum atomic E-state index is 13.2. The summed E-state index contributed by atoms with van der Waals surface area (Å²) in [6.07, 6.45) is 5.48. The highest BCUT2D eigenvalue weighted by molar-refractivity contribution is 5.98. The SMILES string of the molecule is O=C(c1occc1-c1ccccc1)N1CCC[C@H](c2nnc3ccccn23)C1. The Hall–Kier alpha value is -3.41. The van der Waals surface area contributed by atoms with E-state index in [9.17, 15) is 4.79 Å². The number of fused-ring (bicyclic) bond motifs is 1. The summed E-state index contributed by atoms with van der Waals surface area (Å²) < 4.78 is 7.62. The van der Waals surface area contributed by atoms with Gasteiger partial charge >= 0.3 is 0 Å². The molecular weight excluding hydrogens is 352 g/mol. The second-order valence-electron chi connectivity index (χ2n) is 7.11. The second-order valence-corrected chi connectivity index (χ2v) is 7.11. The van der Waals surface area contributed by atoms with Crippen molar-refractivity contribution < 1.29 is 9.21 Å². The van der Waals surface area contributed by atoms with Crippen molar-refractivity contribution in [3.63, 3.8) is 0 Å². The predicted molar refractivity (Wildman–Crippen MR) is 105 cm³/mol. The van der Waals surface area contributed by atoms with Gasteiger partial charge in [0.1, 0.15) is 5.82 Å². The third kappa shape index (κ3) is 2.87. The van der Waals surface area contributed by atoms with Crippen molar-refractivity contribution >= 4 is 11.6 Å². The zero-order chi connectivity index (χ0) is 18.9. The van der Waals surface area contributed by atoms with Gasteiger partial charge in [-0.15, -0.1) is 10.2 Å².